The third-order valence-electron chi connectivity index (χ3n) is 5.50. The van der Waals surface area contributed by atoms with Gasteiger partial charge in [0.2, 0.25) is 17.6 Å². The first kappa shape index (κ1) is 30.2. The van der Waals surface area contributed by atoms with E-state index in [0.29, 0.717) is 63.9 Å². The predicted molar refractivity (Wildman–Crippen MR) is 142 cm³/mol. The van der Waals surface area contributed by atoms with E-state index < -0.39 is 5.82 Å². The highest BCUT2D eigenvalue weighted by Crippen LogP contribution is 2.13. The maximum atomic E-state index is 12.9. The number of hydrogen-bond donors (Lipinski definition) is 3. The van der Waals surface area contributed by atoms with Crippen molar-refractivity contribution >= 4 is 17.7 Å². The number of benzene rings is 2. The van der Waals surface area contributed by atoms with E-state index in [0.717, 1.165) is 11.1 Å². The maximum absolute atomic E-state index is 12.9. The zero-order valence-corrected chi connectivity index (χ0v) is 22.0. The third-order valence-corrected chi connectivity index (χ3v) is 5.50. The fourth-order valence-electron chi connectivity index (χ4n) is 3.40. The lowest BCUT2D eigenvalue weighted by molar-refractivity contribution is -0.122. The Morgan fingerprint density at radius 2 is 1.32 bits per heavy atom. The van der Waals surface area contributed by atoms with Crippen LogP contribution in [0.25, 0.3) is 11.4 Å². The smallest absolute Gasteiger partial charge is 0.251 e. The quantitative estimate of drug-likeness (QED) is 0.210. The lowest BCUT2D eigenvalue weighted by Crippen LogP contribution is -2.29. The molecule has 0 bridgehead atoms. The van der Waals surface area contributed by atoms with Gasteiger partial charge in [-0.25, -0.2) is 4.39 Å². The van der Waals surface area contributed by atoms with Gasteiger partial charge in [-0.1, -0.05) is 24.3 Å². The highest BCUT2D eigenvalue weighted by atomic mass is 19.1. The van der Waals surface area contributed by atoms with E-state index in [1.165, 1.54) is 30.6 Å². The molecule has 3 rings (SSSR count). The Bertz CT molecular complexity index is 1200. The topological polar surface area (TPSA) is 157 Å². The van der Waals surface area contributed by atoms with Gasteiger partial charge in [0.25, 0.3) is 5.91 Å². The van der Waals surface area contributed by atoms with E-state index in [-0.39, 0.29) is 30.6 Å². The van der Waals surface area contributed by atoms with Gasteiger partial charge in [-0.2, -0.15) is 0 Å². The second-order valence-corrected chi connectivity index (χ2v) is 8.53. The average Bonchev–Trinajstić information content (AvgIpc) is 2.98. The van der Waals surface area contributed by atoms with Crippen LogP contribution in [0.5, 0.6) is 0 Å². The van der Waals surface area contributed by atoms with E-state index >= 15 is 0 Å². The van der Waals surface area contributed by atoms with Crippen LogP contribution >= 0.6 is 0 Å². The summed E-state index contributed by atoms with van der Waals surface area (Å²) < 4.78 is 23.7. The fourth-order valence-corrected chi connectivity index (χ4v) is 3.40. The average molecular weight is 554 g/mol. The van der Waals surface area contributed by atoms with Crippen molar-refractivity contribution in [1.29, 1.82) is 0 Å². The summed E-state index contributed by atoms with van der Waals surface area (Å²) in [5.74, 6) is -0.542. The Kier molecular flexibility index (Phi) is 13.0. The molecule has 0 aliphatic carbocycles. The summed E-state index contributed by atoms with van der Waals surface area (Å²) in [4.78, 5) is 35.9. The SMILES string of the molecule is O=C(CCCC(=O)NCc1ccc(-c2nncnn2)cc1)NCCOCCOCCNC(=O)c1ccc(F)cc1. The summed E-state index contributed by atoms with van der Waals surface area (Å²) in [6, 6.07) is 12.7. The van der Waals surface area contributed by atoms with Gasteiger partial charge >= 0.3 is 0 Å². The minimum atomic E-state index is -0.397. The van der Waals surface area contributed by atoms with Gasteiger partial charge in [0.15, 0.2) is 6.33 Å². The molecule has 2 aromatic carbocycles. The van der Waals surface area contributed by atoms with E-state index in [9.17, 15) is 18.8 Å². The molecule has 212 valence electrons. The molecule has 0 aliphatic rings. The second-order valence-electron chi connectivity index (χ2n) is 8.53. The van der Waals surface area contributed by atoms with Gasteiger partial charge in [0.05, 0.1) is 26.4 Å². The van der Waals surface area contributed by atoms with E-state index in [1.807, 2.05) is 24.3 Å². The van der Waals surface area contributed by atoms with E-state index in [1.54, 1.807) is 0 Å². The monoisotopic (exact) mass is 553 g/mol. The molecule has 1 aromatic heterocycles. The van der Waals surface area contributed by atoms with Crippen LogP contribution in [-0.4, -0.2) is 77.6 Å². The highest BCUT2D eigenvalue weighted by Gasteiger charge is 2.07. The molecule has 0 atom stereocenters. The number of aromatic nitrogens is 4. The van der Waals surface area contributed by atoms with E-state index in [4.69, 9.17) is 9.47 Å². The number of halogens is 1. The number of amides is 3. The van der Waals surface area contributed by atoms with Crippen LogP contribution in [-0.2, 0) is 25.6 Å². The van der Waals surface area contributed by atoms with Gasteiger partial charge in [-0.15, -0.1) is 20.4 Å². The zero-order chi connectivity index (χ0) is 28.4. The minimum Gasteiger partial charge on any atom is -0.377 e. The van der Waals surface area contributed by atoms with Crippen LogP contribution in [0, 0.1) is 5.82 Å². The molecular formula is C27H32FN7O5. The Balaban J connectivity index is 1.12. The molecule has 13 heteroatoms. The summed E-state index contributed by atoms with van der Waals surface area (Å²) in [5.41, 5.74) is 2.08. The van der Waals surface area contributed by atoms with Crippen molar-refractivity contribution in [2.24, 2.45) is 0 Å². The van der Waals surface area contributed by atoms with Crippen molar-refractivity contribution in [3.05, 3.63) is 71.8 Å². The van der Waals surface area contributed by atoms with Gasteiger partial charge in [-0.05, 0) is 36.2 Å². The van der Waals surface area contributed by atoms with Gasteiger partial charge in [-0.3, -0.25) is 14.4 Å². The van der Waals surface area contributed by atoms with Crippen molar-refractivity contribution in [2.75, 3.05) is 39.5 Å². The van der Waals surface area contributed by atoms with Crippen LogP contribution in [0.1, 0.15) is 35.2 Å². The third kappa shape index (κ3) is 11.6. The summed E-state index contributed by atoms with van der Waals surface area (Å²) in [5, 5.41) is 23.5. The molecule has 12 nitrogen and oxygen atoms in total. The van der Waals surface area contributed by atoms with Crippen LogP contribution < -0.4 is 16.0 Å². The number of ether oxygens (including phenoxy) is 2. The zero-order valence-electron chi connectivity index (χ0n) is 22.0. The Labute approximate surface area is 231 Å². The van der Waals surface area contributed by atoms with Crippen molar-refractivity contribution in [3.8, 4) is 11.4 Å². The molecule has 40 heavy (non-hydrogen) atoms. The normalized spacial score (nSPS) is 10.6. The van der Waals surface area contributed by atoms with Crippen LogP contribution in [0.4, 0.5) is 4.39 Å². The predicted octanol–water partition coefficient (Wildman–Crippen LogP) is 1.44. The number of rotatable bonds is 17. The molecule has 0 saturated heterocycles. The number of nitrogens with one attached hydrogen (secondary N) is 3. The summed E-state index contributed by atoms with van der Waals surface area (Å²) in [7, 11) is 0. The summed E-state index contributed by atoms with van der Waals surface area (Å²) >= 11 is 0. The molecule has 3 aromatic rings. The first-order chi connectivity index (χ1) is 19.5. The lowest BCUT2D eigenvalue weighted by Gasteiger charge is -2.08. The molecule has 3 N–H and O–H groups in total. The molecule has 0 fully saturated rings. The van der Waals surface area contributed by atoms with Crippen molar-refractivity contribution in [2.45, 2.75) is 25.8 Å². The molecule has 0 unspecified atom stereocenters. The fraction of sp³-hybridized carbons (Fsp3) is 0.370. The molecule has 0 aliphatic heterocycles. The Morgan fingerprint density at radius 3 is 1.98 bits per heavy atom. The van der Waals surface area contributed by atoms with Crippen LogP contribution in [0.2, 0.25) is 0 Å². The number of hydrogen-bond acceptors (Lipinski definition) is 9. The first-order valence-corrected chi connectivity index (χ1v) is 12.8. The minimum absolute atomic E-state index is 0.130. The van der Waals surface area contributed by atoms with Crippen molar-refractivity contribution in [3.63, 3.8) is 0 Å². The molecular weight excluding hydrogens is 521 g/mol. The summed E-state index contributed by atoms with van der Waals surface area (Å²) in [6.07, 6.45) is 2.19. The Morgan fingerprint density at radius 1 is 0.725 bits per heavy atom. The van der Waals surface area contributed by atoms with Crippen LogP contribution in [0.3, 0.4) is 0 Å². The van der Waals surface area contributed by atoms with Gasteiger partial charge in [0, 0.05) is 43.6 Å². The number of carbonyl (C=O) groups excluding carboxylic acids is 3. The Hall–Kier alpha value is -4.36. The first-order valence-electron chi connectivity index (χ1n) is 12.8. The highest BCUT2D eigenvalue weighted by molar-refractivity contribution is 5.94. The molecule has 0 spiro atoms. The molecule has 3 amide bonds. The van der Waals surface area contributed by atoms with Gasteiger partial charge < -0.3 is 25.4 Å². The van der Waals surface area contributed by atoms with Crippen LogP contribution in [0.15, 0.2) is 54.9 Å². The summed E-state index contributed by atoms with van der Waals surface area (Å²) in [6.45, 7) is 2.39. The van der Waals surface area contributed by atoms with Crippen molar-refractivity contribution in [1.82, 2.24) is 36.3 Å². The number of nitrogens with zero attached hydrogens (tertiary/aromatic N) is 4. The maximum Gasteiger partial charge on any atom is 0.251 e. The van der Waals surface area contributed by atoms with E-state index in [2.05, 4.69) is 36.3 Å². The molecule has 0 saturated carbocycles. The molecule has 1 heterocycles. The standard InChI is InChI=1S/C27H32FN7O5/c28-23-10-8-22(9-11-23)27(38)30-13-15-40-17-16-39-14-12-29-24(36)2-1-3-25(37)31-18-20-4-6-21(7-5-20)26-34-32-19-33-35-26/h4-11,19H,1-3,12-18H2,(H,29,36)(H,30,38)(H,31,37). The van der Waals surface area contributed by atoms with Crippen molar-refractivity contribution < 1.29 is 28.2 Å². The van der Waals surface area contributed by atoms with Gasteiger partial charge in [0.1, 0.15) is 5.82 Å². The number of carbonyl (C=O) groups is 3. The lowest BCUT2D eigenvalue weighted by atomic mass is 10.1. The second kappa shape index (κ2) is 17.3. The molecule has 0 radical (unpaired) electrons. The largest absolute Gasteiger partial charge is 0.377 e.